The SMILES string of the molecule is COc1ccc2c(c1)CC=C2C#N. The highest BCUT2D eigenvalue weighted by atomic mass is 16.5. The summed E-state index contributed by atoms with van der Waals surface area (Å²) in [7, 11) is 1.65. The summed E-state index contributed by atoms with van der Waals surface area (Å²) in [5.74, 6) is 0.853. The van der Waals surface area contributed by atoms with Gasteiger partial charge >= 0.3 is 0 Å². The number of hydrogen-bond donors (Lipinski definition) is 0. The summed E-state index contributed by atoms with van der Waals surface area (Å²) in [5, 5.41) is 8.79. The van der Waals surface area contributed by atoms with Crippen LogP contribution < -0.4 is 4.74 Å². The third-order valence-electron chi connectivity index (χ3n) is 2.25. The van der Waals surface area contributed by atoms with Crippen LogP contribution in [0.15, 0.2) is 24.3 Å². The van der Waals surface area contributed by atoms with Crippen LogP contribution in [0.5, 0.6) is 5.75 Å². The van der Waals surface area contributed by atoms with Crippen molar-refractivity contribution in [2.75, 3.05) is 7.11 Å². The standard InChI is InChI=1S/C11H9NO/c1-13-10-4-5-11-8(6-10)2-3-9(11)7-12/h3-6H,2H2,1H3. The van der Waals surface area contributed by atoms with Gasteiger partial charge < -0.3 is 4.74 Å². The zero-order chi connectivity index (χ0) is 9.26. The lowest BCUT2D eigenvalue weighted by molar-refractivity contribution is 0.414. The fourth-order valence-electron chi connectivity index (χ4n) is 1.56. The number of hydrogen-bond acceptors (Lipinski definition) is 2. The molecular formula is C11H9NO. The molecule has 2 nitrogen and oxygen atoms in total. The normalized spacial score (nSPS) is 13.1. The molecule has 0 fully saturated rings. The minimum atomic E-state index is 0.776. The van der Waals surface area contributed by atoms with Crippen molar-refractivity contribution in [2.45, 2.75) is 6.42 Å². The molecule has 1 aliphatic rings. The van der Waals surface area contributed by atoms with Crippen molar-refractivity contribution in [2.24, 2.45) is 0 Å². The molecule has 0 saturated heterocycles. The van der Waals surface area contributed by atoms with Gasteiger partial charge in [0.1, 0.15) is 5.75 Å². The van der Waals surface area contributed by atoms with Crippen LogP contribution in [-0.2, 0) is 6.42 Å². The minimum Gasteiger partial charge on any atom is -0.497 e. The monoisotopic (exact) mass is 171 g/mol. The van der Waals surface area contributed by atoms with Crippen LogP contribution in [0.1, 0.15) is 11.1 Å². The second kappa shape index (κ2) is 2.95. The van der Waals surface area contributed by atoms with Crippen molar-refractivity contribution < 1.29 is 4.74 Å². The fourth-order valence-corrected chi connectivity index (χ4v) is 1.56. The quantitative estimate of drug-likeness (QED) is 0.648. The Kier molecular flexibility index (Phi) is 1.79. The average molecular weight is 171 g/mol. The predicted octanol–water partition coefficient (Wildman–Crippen LogP) is 2.16. The Labute approximate surface area is 77.1 Å². The van der Waals surface area contributed by atoms with Gasteiger partial charge in [0.25, 0.3) is 0 Å². The van der Waals surface area contributed by atoms with E-state index in [4.69, 9.17) is 10.00 Å². The lowest BCUT2D eigenvalue weighted by atomic mass is 10.1. The van der Waals surface area contributed by atoms with Gasteiger partial charge in [-0.15, -0.1) is 0 Å². The number of ether oxygens (including phenoxy) is 1. The molecular weight excluding hydrogens is 162 g/mol. The molecule has 2 rings (SSSR count). The van der Waals surface area contributed by atoms with Crippen LogP contribution in [0.2, 0.25) is 0 Å². The Morgan fingerprint density at radius 3 is 3.00 bits per heavy atom. The number of nitriles is 1. The van der Waals surface area contributed by atoms with E-state index >= 15 is 0 Å². The number of rotatable bonds is 1. The molecule has 0 aliphatic heterocycles. The first-order valence-corrected chi connectivity index (χ1v) is 4.12. The lowest BCUT2D eigenvalue weighted by Crippen LogP contribution is -1.87. The van der Waals surface area contributed by atoms with Crippen LogP contribution in [0, 0.1) is 11.3 Å². The van der Waals surface area contributed by atoms with E-state index in [1.54, 1.807) is 7.11 Å². The summed E-state index contributed by atoms with van der Waals surface area (Å²) in [6, 6.07) is 7.99. The van der Waals surface area contributed by atoms with Crippen molar-refractivity contribution in [3.63, 3.8) is 0 Å². The van der Waals surface area contributed by atoms with Crippen molar-refractivity contribution in [3.8, 4) is 11.8 Å². The van der Waals surface area contributed by atoms with Gasteiger partial charge in [-0.2, -0.15) is 5.26 Å². The van der Waals surface area contributed by atoms with Gasteiger partial charge in [0.2, 0.25) is 0 Å². The van der Waals surface area contributed by atoms with Gasteiger partial charge in [-0.25, -0.2) is 0 Å². The molecule has 0 amide bonds. The van der Waals surface area contributed by atoms with Gasteiger partial charge in [0.05, 0.1) is 18.8 Å². The van der Waals surface area contributed by atoms with E-state index in [1.807, 2.05) is 24.3 Å². The molecule has 1 aliphatic carbocycles. The van der Waals surface area contributed by atoms with E-state index in [0.717, 1.165) is 23.3 Å². The summed E-state index contributed by atoms with van der Waals surface area (Å²) < 4.78 is 5.10. The van der Waals surface area contributed by atoms with Crippen molar-refractivity contribution in [3.05, 3.63) is 35.4 Å². The summed E-state index contributed by atoms with van der Waals surface area (Å²) in [6.07, 6.45) is 2.79. The average Bonchev–Trinajstić information content (AvgIpc) is 2.59. The van der Waals surface area contributed by atoms with Crippen LogP contribution >= 0.6 is 0 Å². The molecule has 0 radical (unpaired) electrons. The maximum Gasteiger partial charge on any atom is 0.119 e. The molecule has 0 N–H and O–H groups in total. The highest BCUT2D eigenvalue weighted by Gasteiger charge is 2.13. The molecule has 0 spiro atoms. The first-order chi connectivity index (χ1) is 6.35. The molecule has 13 heavy (non-hydrogen) atoms. The molecule has 1 aromatic carbocycles. The van der Waals surface area contributed by atoms with Crippen LogP contribution in [-0.4, -0.2) is 7.11 Å². The summed E-state index contributed by atoms with van der Waals surface area (Å²) >= 11 is 0. The Hall–Kier alpha value is -1.75. The van der Waals surface area contributed by atoms with Crippen molar-refractivity contribution >= 4 is 5.57 Å². The molecule has 0 saturated carbocycles. The fraction of sp³-hybridized carbons (Fsp3) is 0.182. The van der Waals surface area contributed by atoms with Crippen LogP contribution in [0.25, 0.3) is 5.57 Å². The second-order valence-corrected chi connectivity index (χ2v) is 2.96. The zero-order valence-electron chi connectivity index (χ0n) is 7.37. The Balaban J connectivity index is 2.47. The first-order valence-electron chi connectivity index (χ1n) is 4.12. The highest BCUT2D eigenvalue weighted by molar-refractivity contribution is 5.82. The zero-order valence-corrected chi connectivity index (χ0v) is 7.37. The van der Waals surface area contributed by atoms with E-state index in [0.29, 0.717) is 0 Å². The second-order valence-electron chi connectivity index (χ2n) is 2.96. The first kappa shape index (κ1) is 7.88. The summed E-state index contributed by atoms with van der Waals surface area (Å²) in [4.78, 5) is 0. The van der Waals surface area contributed by atoms with Crippen LogP contribution in [0.3, 0.4) is 0 Å². The number of benzene rings is 1. The lowest BCUT2D eigenvalue weighted by Gasteiger charge is -2.03. The largest absolute Gasteiger partial charge is 0.497 e. The maximum absolute atomic E-state index is 8.79. The summed E-state index contributed by atoms with van der Waals surface area (Å²) in [6.45, 7) is 0. The molecule has 2 heteroatoms. The Morgan fingerprint density at radius 2 is 2.31 bits per heavy atom. The van der Waals surface area contributed by atoms with E-state index in [2.05, 4.69) is 6.07 Å². The number of methoxy groups -OCH3 is 1. The number of fused-ring (bicyclic) bond motifs is 1. The van der Waals surface area contributed by atoms with E-state index in [9.17, 15) is 0 Å². The molecule has 0 heterocycles. The Morgan fingerprint density at radius 1 is 1.46 bits per heavy atom. The number of allylic oxidation sites excluding steroid dienone is 2. The van der Waals surface area contributed by atoms with Gasteiger partial charge in [0.15, 0.2) is 0 Å². The van der Waals surface area contributed by atoms with Crippen molar-refractivity contribution in [1.82, 2.24) is 0 Å². The number of nitrogens with zero attached hydrogens (tertiary/aromatic N) is 1. The highest BCUT2D eigenvalue weighted by Crippen LogP contribution is 2.29. The molecule has 0 atom stereocenters. The van der Waals surface area contributed by atoms with E-state index < -0.39 is 0 Å². The third kappa shape index (κ3) is 1.19. The minimum absolute atomic E-state index is 0.776. The third-order valence-corrected chi connectivity index (χ3v) is 2.25. The maximum atomic E-state index is 8.79. The smallest absolute Gasteiger partial charge is 0.119 e. The van der Waals surface area contributed by atoms with E-state index in [1.165, 1.54) is 5.56 Å². The van der Waals surface area contributed by atoms with Gasteiger partial charge in [-0.05, 0) is 35.7 Å². The summed E-state index contributed by atoms with van der Waals surface area (Å²) in [5.41, 5.74) is 3.00. The molecule has 0 bridgehead atoms. The molecule has 0 aromatic heterocycles. The van der Waals surface area contributed by atoms with Crippen LogP contribution in [0.4, 0.5) is 0 Å². The topological polar surface area (TPSA) is 33.0 Å². The molecule has 64 valence electrons. The molecule has 1 aromatic rings. The van der Waals surface area contributed by atoms with E-state index in [-0.39, 0.29) is 0 Å². The van der Waals surface area contributed by atoms with Gasteiger partial charge in [0, 0.05) is 0 Å². The predicted molar refractivity (Wildman–Crippen MR) is 50.3 cm³/mol. The Bertz CT molecular complexity index is 413. The van der Waals surface area contributed by atoms with Crippen molar-refractivity contribution in [1.29, 1.82) is 5.26 Å². The molecule has 0 unspecified atom stereocenters. The van der Waals surface area contributed by atoms with Gasteiger partial charge in [-0.1, -0.05) is 6.08 Å². The van der Waals surface area contributed by atoms with Gasteiger partial charge in [-0.3, -0.25) is 0 Å².